The quantitative estimate of drug-likeness (QED) is 0.0146. The molecule has 5 unspecified atom stereocenters. The lowest BCUT2D eigenvalue weighted by Crippen LogP contribution is -2.30. The number of ether oxygens (including phenoxy) is 3. The van der Waals surface area contributed by atoms with Crippen molar-refractivity contribution < 1.29 is 75.8 Å². The number of esters is 3. The molecular weight excluding hydrogens is 1240 g/mol. The van der Waals surface area contributed by atoms with Crippen LogP contribution < -0.4 is 0 Å². The van der Waals surface area contributed by atoms with Crippen LogP contribution in [-0.4, -0.2) is 95.9 Å². The average molecular weight is 1370 g/mol. The summed E-state index contributed by atoms with van der Waals surface area (Å²) in [7, 11) is -9.80. The van der Waals surface area contributed by atoms with Crippen LogP contribution in [0.25, 0.3) is 0 Å². The summed E-state index contributed by atoms with van der Waals surface area (Å²) in [5.41, 5.74) is 0. The second-order valence-corrected chi connectivity index (χ2v) is 26.9. The van der Waals surface area contributed by atoms with E-state index in [9.17, 15) is 43.5 Å². The van der Waals surface area contributed by atoms with Crippen LogP contribution in [0, 0.1) is 0 Å². The van der Waals surface area contributed by atoms with Gasteiger partial charge in [-0.05, 0) is 116 Å². The number of unbranched alkanes of at least 4 members (excludes halogenated alkanes) is 23. The number of rotatable bonds is 68. The first-order valence-electron chi connectivity index (χ1n) is 36.5. The standard InChI is InChI=1S/C77H130O16P2/c1-4-7-10-13-16-19-22-25-28-30-32-34-35-37-39-40-43-45-48-51-54-57-60-63-75(80)87-66-72(78)67-89-94(83,84)90-68-73(79)69-91-95(85,86)92-71-74(93-77(82)65-62-59-56-53-50-47-42-27-24-21-18-15-12-9-6-3)70-88-76(81)64-61-58-55-52-49-46-44-41-38-36-33-31-29-26-23-20-17-14-11-8-5-2/h7-8,10-11,16-17,19-20,25-26,28-29,32-34,36-37,39,41,44,49,52,72-74,78-79H,4-6,9,12-15,18,21-24,27,30-31,35,38,40,42-43,45-48,50-51,53-71H2,1-3H3,(H,83,84)(H,85,86)/b10-7-,11-8-,19-16-,20-17-,28-25-,29-26-,34-32-,36-33-,39-37-,44-41-,52-49-. The summed E-state index contributed by atoms with van der Waals surface area (Å²) in [4.78, 5) is 58.5. The number of hydrogen-bond acceptors (Lipinski definition) is 14. The van der Waals surface area contributed by atoms with Crippen LogP contribution in [0.4, 0.5) is 0 Å². The van der Waals surface area contributed by atoms with Gasteiger partial charge in [-0.25, -0.2) is 9.13 Å². The molecule has 0 aliphatic rings. The van der Waals surface area contributed by atoms with E-state index in [-0.39, 0.29) is 19.3 Å². The molecule has 5 atom stereocenters. The minimum absolute atomic E-state index is 0.0944. The molecule has 18 heteroatoms. The Morgan fingerprint density at radius 1 is 0.305 bits per heavy atom. The van der Waals surface area contributed by atoms with Crippen molar-refractivity contribution in [2.24, 2.45) is 0 Å². The van der Waals surface area contributed by atoms with Gasteiger partial charge >= 0.3 is 33.6 Å². The van der Waals surface area contributed by atoms with Crippen molar-refractivity contribution in [1.29, 1.82) is 0 Å². The van der Waals surface area contributed by atoms with E-state index in [2.05, 4.69) is 154 Å². The fourth-order valence-corrected chi connectivity index (χ4v) is 10.9. The zero-order valence-corrected chi connectivity index (χ0v) is 60.8. The molecule has 0 saturated heterocycles. The number of carbonyl (C=O) groups is 3. The molecule has 0 aromatic carbocycles. The van der Waals surface area contributed by atoms with E-state index >= 15 is 0 Å². The molecule has 4 N–H and O–H groups in total. The molecule has 0 aliphatic carbocycles. The molecule has 95 heavy (non-hydrogen) atoms. The van der Waals surface area contributed by atoms with Crippen molar-refractivity contribution in [2.45, 2.75) is 296 Å². The molecule has 0 heterocycles. The van der Waals surface area contributed by atoms with Gasteiger partial charge < -0.3 is 34.2 Å². The van der Waals surface area contributed by atoms with Crippen molar-refractivity contribution in [3.05, 3.63) is 134 Å². The molecule has 0 saturated carbocycles. The molecule has 0 aliphatic heterocycles. The third-order valence-electron chi connectivity index (χ3n) is 14.9. The first kappa shape index (κ1) is 90.7. The van der Waals surface area contributed by atoms with Gasteiger partial charge in [0.05, 0.1) is 26.4 Å². The van der Waals surface area contributed by atoms with Gasteiger partial charge in [0.25, 0.3) is 0 Å². The van der Waals surface area contributed by atoms with Gasteiger partial charge in [0.1, 0.15) is 25.4 Å². The molecule has 544 valence electrons. The third-order valence-corrected chi connectivity index (χ3v) is 16.8. The van der Waals surface area contributed by atoms with Crippen molar-refractivity contribution in [3.8, 4) is 0 Å². The van der Waals surface area contributed by atoms with Crippen LogP contribution >= 0.6 is 15.6 Å². The van der Waals surface area contributed by atoms with Crippen LogP contribution in [0.3, 0.4) is 0 Å². The highest BCUT2D eigenvalue weighted by Gasteiger charge is 2.29. The topological polar surface area (TPSA) is 231 Å². The van der Waals surface area contributed by atoms with Crippen LogP contribution in [0.1, 0.15) is 278 Å². The van der Waals surface area contributed by atoms with Crippen LogP contribution in [0.2, 0.25) is 0 Å². The summed E-state index contributed by atoms with van der Waals surface area (Å²) in [6.07, 6.45) is 82.1. The van der Waals surface area contributed by atoms with Crippen molar-refractivity contribution in [3.63, 3.8) is 0 Å². The maximum Gasteiger partial charge on any atom is 0.472 e. The van der Waals surface area contributed by atoms with Crippen molar-refractivity contribution >= 4 is 33.6 Å². The van der Waals surface area contributed by atoms with E-state index in [4.69, 9.17) is 32.3 Å². The number of carbonyl (C=O) groups excluding carboxylic acids is 3. The molecule has 0 aromatic heterocycles. The minimum Gasteiger partial charge on any atom is -0.463 e. The molecule has 0 rings (SSSR count). The van der Waals surface area contributed by atoms with Gasteiger partial charge in [-0.2, -0.15) is 0 Å². The molecular formula is C77H130O16P2. The fourth-order valence-electron chi connectivity index (χ4n) is 9.36. The summed E-state index contributed by atoms with van der Waals surface area (Å²) in [6.45, 7) is 2.39. The van der Waals surface area contributed by atoms with E-state index < -0.39 is 91.5 Å². The highest BCUT2D eigenvalue weighted by Crippen LogP contribution is 2.45. The zero-order valence-electron chi connectivity index (χ0n) is 59.0. The normalized spacial score (nSPS) is 14.9. The van der Waals surface area contributed by atoms with E-state index in [1.54, 1.807) is 0 Å². The van der Waals surface area contributed by atoms with Gasteiger partial charge in [0.2, 0.25) is 0 Å². The number of phosphoric ester groups is 2. The van der Waals surface area contributed by atoms with Gasteiger partial charge in [-0.1, -0.05) is 276 Å². The van der Waals surface area contributed by atoms with Crippen LogP contribution in [0.5, 0.6) is 0 Å². The van der Waals surface area contributed by atoms with Crippen molar-refractivity contribution in [1.82, 2.24) is 0 Å². The Balaban J connectivity index is 4.69. The highest BCUT2D eigenvalue weighted by molar-refractivity contribution is 7.47. The van der Waals surface area contributed by atoms with E-state index in [1.807, 2.05) is 0 Å². The van der Waals surface area contributed by atoms with Gasteiger partial charge in [-0.3, -0.25) is 32.5 Å². The summed E-state index contributed by atoms with van der Waals surface area (Å²) in [6, 6.07) is 0. The molecule has 0 bridgehead atoms. The molecule has 0 aromatic rings. The monoisotopic (exact) mass is 1370 g/mol. The first-order chi connectivity index (χ1) is 46.2. The predicted octanol–water partition coefficient (Wildman–Crippen LogP) is 20.8. The molecule has 0 fully saturated rings. The summed E-state index contributed by atoms with van der Waals surface area (Å²) < 4.78 is 61.0. The number of phosphoric acid groups is 2. The second-order valence-electron chi connectivity index (χ2n) is 24.0. The second kappa shape index (κ2) is 69.6. The number of aliphatic hydroxyl groups excluding tert-OH is 2. The van der Waals surface area contributed by atoms with Crippen LogP contribution in [-0.2, 0) is 55.8 Å². The van der Waals surface area contributed by atoms with Crippen LogP contribution in [0.15, 0.2) is 134 Å². The van der Waals surface area contributed by atoms with Crippen molar-refractivity contribution in [2.75, 3.05) is 39.6 Å². The molecule has 0 radical (unpaired) electrons. The lowest BCUT2D eigenvalue weighted by atomic mass is 10.0. The predicted molar refractivity (Wildman–Crippen MR) is 390 cm³/mol. The Kier molecular flexibility index (Phi) is 66.4. The summed E-state index contributed by atoms with van der Waals surface area (Å²) >= 11 is 0. The van der Waals surface area contributed by atoms with Gasteiger partial charge in [0.15, 0.2) is 6.10 Å². The van der Waals surface area contributed by atoms with Gasteiger partial charge in [-0.15, -0.1) is 0 Å². The Morgan fingerprint density at radius 2 is 0.558 bits per heavy atom. The number of allylic oxidation sites excluding steroid dienone is 22. The fraction of sp³-hybridized carbons (Fsp3) is 0.675. The highest BCUT2D eigenvalue weighted by atomic mass is 31.2. The smallest absolute Gasteiger partial charge is 0.463 e. The Bertz CT molecular complexity index is 2260. The zero-order chi connectivity index (χ0) is 69.5. The minimum atomic E-state index is -4.94. The molecule has 16 nitrogen and oxygen atoms in total. The molecule has 0 amide bonds. The molecule has 0 spiro atoms. The van der Waals surface area contributed by atoms with E-state index in [1.165, 1.54) is 64.2 Å². The average Bonchev–Trinajstić information content (AvgIpc) is 2.15. The largest absolute Gasteiger partial charge is 0.472 e. The lowest BCUT2D eigenvalue weighted by Gasteiger charge is -2.21. The third kappa shape index (κ3) is 70.8. The Labute approximate surface area is 575 Å². The van der Waals surface area contributed by atoms with Gasteiger partial charge in [0, 0.05) is 19.3 Å². The number of hydrogen-bond donors (Lipinski definition) is 4. The SMILES string of the molecule is CC/C=C\C/C=C\C/C=C\C/C=C\C/C=C\C/C=C\CCCCC(=O)OCC(COP(=O)(O)OCC(O)COP(=O)(O)OCC(O)COC(=O)CCCCCCCCC/C=C\C/C=C\C/C=C\C/C=C\C/C=C\CC)OC(=O)CCCCCCCCCCCCCCCCC. The Hall–Kier alpha value is -4.31. The lowest BCUT2D eigenvalue weighted by molar-refractivity contribution is -0.161. The number of aliphatic hydroxyl groups is 2. The van der Waals surface area contributed by atoms with E-state index in [0.717, 1.165) is 154 Å². The summed E-state index contributed by atoms with van der Waals surface area (Å²) in [5, 5.41) is 20.6. The maximum absolute atomic E-state index is 12.9. The summed E-state index contributed by atoms with van der Waals surface area (Å²) in [5.74, 6) is -1.63. The maximum atomic E-state index is 12.9. The van der Waals surface area contributed by atoms with E-state index in [0.29, 0.717) is 19.3 Å². The Morgan fingerprint density at radius 3 is 0.905 bits per heavy atom. The first-order valence-corrected chi connectivity index (χ1v) is 39.5.